The highest BCUT2D eigenvalue weighted by molar-refractivity contribution is 6.11. The molecule has 2 aromatic rings. The van der Waals surface area contributed by atoms with E-state index >= 15 is 0 Å². The largest absolute Gasteiger partial charge is 0.377 e. The number of nitrogens with zero attached hydrogens (tertiary/aromatic N) is 1. The number of hydrogen-bond acceptors (Lipinski definition) is 4. The number of carbonyl (C=O) groups excluding carboxylic acids is 2. The summed E-state index contributed by atoms with van der Waals surface area (Å²) in [7, 11) is 3.93. The van der Waals surface area contributed by atoms with Crippen molar-refractivity contribution in [2.45, 2.75) is 6.23 Å². The second-order valence-electron chi connectivity index (χ2n) is 5.54. The summed E-state index contributed by atoms with van der Waals surface area (Å²) >= 11 is 0. The van der Waals surface area contributed by atoms with E-state index in [0.717, 1.165) is 22.0 Å². The van der Waals surface area contributed by atoms with Crippen molar-refractivity contribution in [2.24, 2.45) is 0 Å². The van der Waals surface area contributed by atoms with E-state index < -0.39 is 18.2 Å². The third kappa shape index (κ3) is 2.76. The maximum Gasteiger partial charge on any atom is 0.323 e. The van der Waals surface area contributed by atoms with Crippen LogP contribution >= 0.6 is 0 Å². The van der Waals surface area contributed by atoms with Crippen LogP contribution in [0, 0.1) is 0 Å². The van der Waals surface area contributed by atoms with E-state index in [-0.39, 0.29) is 5.57 Å². The van der Waals surface area contributed by atoms with Crippen molar-refractivity contribution in [1.29, 1.82) is 0 Å². The summed E-state index contributed by atoms with van der Waals surface area (Å²) in [4.78, 5) is 25.1. The zero-order valence-corrected chi connectivity index (χ0v) is 12.8. The first-order valence-electron chi connectivity index (χ1n) is 7.18. The molecule has 1 atom stereocenters. The van der Waals surface area contributed by atoms with Crippen LogP contribution in [0.3, 0.4) is 0 Å². The number of benzene rings is 2. The van der Waals surface area contributed by atoms with Gasteiger partial charge in [0, 0.05) is 25.2 Å². The van der Waals surface area contributed by atoms with Gasteiger partial charge in [0.05, 0.1) is 5.57 Å². The van der Waals surface area contributed by atoms with Crippen LogP contribution in [-0.2, 0) is 4.79 Å². The maximum atomic E-state index is 11.9. The molecule has 0 spiro atoms. The lowest BCUT2D eigenvalue weighted by Crippen LogP contribution is -2.53. The Bertz CT molecular complexity index is 827. The molecule has 0 saturated carbocycles. The number of imide groups is 1. The van der Waals surface area contributed by atoms with Crippen molar-refractivity contribution < 1.29 is 14.7 Å². The Labute approximate surface area is 133 Å². The summed E-state index contributed by atoms with van der Waals surface area (Å²) in [5.74, 6) is -0.595. The molecule has 6 heteroatoms. The Morgan fingerprint density at radius 2 is 1.78 bits per heavy atom. The number of aliphatic hydroxyl groups is 1. The van der Waals surface area contributed by atoms with Crippen molar-refractivity contribution in [1.82, 2.24) is 10.6 Å². The Morgan fingerprint density at radius 3 is 2.43 bits per heavy atom. The minimum absolute atomic E-state index is 0.104. The van der Waals surface area contributed by atoms with Crippen LogP contribution in [0.2, 0.25) is 0 Å². The smallest absolute Gasteiger partial charge is 0.323 e. The highest BCUT2D eigenvalue weighted by atomic mass is 16.3. The molecule has 0 bridgehead atoms. The van der Waals surface area contributed by atoms with Gasteiger partial charge in [-0.2, -0.15) is 0 Å². The molecule has 118 valence electrons. The Hall–Kier alpha value is -2.86. The van der Waals surface area contributed by atoms with Crippen molar-refractivity contribution >= 4 is 34.5 Å². The quantitative estimate of drug-likeness (QED) is 0.733. The van der Waals surface area contributed by atoms with Crippen LogP contribution in [0.1, 0.15) is 5.56 Å². The number of anilines is 1. The van der Waals surface area contributed by atoms with Gasteiger partial charge >= 0.3 is 6.03 Å². The molecule has 3 rings (SSSR count). The molecule has 1 aliphatic heterocycles. The van der Waals surface area contributed by atoms with E-state index in [2.05, 4.69) is 10.6 Å². The van der Waals surface area contributed by atoms with Gasteiger partial charge in [0.15, 0.2) is 6.23 Å². The third-order valence-corrected chi connectivity index (χ3v) is 3.78. The third-order valence-electron chi connectivity index (χ3n) is 3.78. The zero-order valence-electron chi connectivity index (χ0n) is 12.8. The molecule has 6 nitrogen and oxygen atoms in total. The zero-order chi connectivity index (χ0) is 16.6. The lowest BCUT2D eigenvalue weighted by Gasteiger charge is -2.22. The second-order valence-corrected chi connectivity index (χ2v) is 5.54. The molecule has 1 heterocycles. The molecule has 1 unspecified atom stereocenters. The minimum Gasteiger partial charge on any atom is -0.377 e. The van der Waals surface area contributed by atoms with Crippen LogP contribution in [0.4, 0.5) is 10.5 Å². The van der Waals surface area contributed by atoms with E-state index in [0.29, 0.717) is 0 Å². The molecule has 1 fully saturated rings. The maximum absolute atomic E-state index is 11.9. The number of urea groups is 1. The molecule has 3 amide bonds. The van der Waals surface area contributed by atoms with Gasteiger partial charge in [-0.1, -0.05) is 30.3 Å². The van der Waals surface area contributed by atoms with E-state index in [1.807, 2.05) is 55.4 Å². The van der Waals surface area contributed by atoms with Crippen LogP contribution in [0.25, 0.3) is 16.8 Å². The van der Waals surface area contributed by atoms with Gasteiger partial charge in [-0.25, -0.2) is 4.79 Å². The fraction of sp³-hybridized carbons (Fsp3) is 0.176. The SMILES string of the molecule is CN(C)c1ccc(C=C2C(=O)NC(=O)NC2O)c2ccccc12. The molecule has 1 saturated heterocycles. The normalized spacial score (nSPS) is 19.6. The monoisotopic (exact) mass is 311 g/mol. The van der Waals surface area contributed by atoms with Gasteiger partial charge in [0.25, 0.3) is 5.91 Å². The molecule has 0 radical (unpaired) electrons. The number of nitrogens with one attached hydrogen (secondary N) is 2. The Kier molecular flexibility index (Phi) is 3.75. The second kappa shape index (κ2) is 5.73. The van der Waals surface area contributed by atoms with Gasteiger partial charge < -0.3 is 15.3 Å². The molecule has 0 aromatic heterocycles. The van der Waals surface area contributed by atoms with E-state index in [9.17, 15) is 14.7 Å². The first-order valence-corrected chi connectivity index (χ1v) is 7.18. The number of rotatable bonds is 2. The summed E-state index contributed by atoms with van der Waals surface area (Å²) in [6.07, 6.45) is 0.282. The summed E-state index contributed by atoms with van der Waals surface area (Å²) in [5.41, 5.74) is 1.96. The van der Waals surface area contributed by atoms with Gasteiger partial charge in [-0.05, 0) is 23.1 Å². The molecular formula is C17H17N3O3. The van der Waals surface area contributed by atoms with Crippen molar-refractivity contribution in [2.75, 3.05) is 19.0 Å². The van der Waals surface area contributed by atoms with E-state index in [4.69, 9.17) is 0 Å². The molecule has 1 aliphatic rings. The van der Waals surface area contributed by atoms with Gasteiger partial charge in [-0.3, -0.25) is 10.1 Å². The number of fused-ring (bicyclic) bond motifs is 1. The van der Waals surface area contributed by atoms with Crippen LogP contribution in [0.5, 0.6) is 0 Å². The number of aliphatic hydroxyl groups excluding tert-OH is 1. The Morgan fingerprint density at radius 1 is 1.09 bits per heavy atom. The summed E-state index contributed by atoms with van der Waals surface area (Å²) in [5, 5.41) is 16.3. The lowest BCUT2D eigenvalue weighted by molar-refractivity contribution is -0.118. The average molecular weight is 311 g/mol. The number of hydrogen-bond donors (Lipinski definition) is 3. The average Bonchev–Trinajstić information content (AvgIpc) is 2.50. The van der Waals surface area contributed by atoms with Gasteiger partial charge in [0.1, 0.15) is 0 Å². The predicted octanol–water partition coefficient (Wildman–Crippen LogP) is 1.45. The number of amides is 3. The van der Waals surface area contributed by atoms with E-state index in [1.165, 1.54) is 0 Å². The van der Waals surface area contributed by atoms with Crippen molar-refractivity contribution in [3.05, 3.63) is 47.5 Å². The van der Waals surface area contributed by atoms with Crippen LogP contribution in [-0.4, -0.2) is 37.4 Å². The van der Waals surface area contributed by atoms with Crippen molar-refractivity contribution in [3.8, 4) is 0 Å². The summed E-state index contributed by atoms with van der Waals surface area (Å²) in [6.45, 7) is 0. The fourth-order valence-electron chi connectivity index (χ4n) is 2.67. The van der Waals surface area contributed by atoms with Gasteiger partial charge in [-0.15, -0.1) is 0 Å². The molecule has 0 aliphatic carbocycles. The molecule has 23 heavy (non-hydrogen) atoms. The predicted molar refractivity (Wildman–Crippen MR) is 88.9 cm³/mol. The number of carbonyl (C=O) groups is 2. The molecular weight excluding hydrogens is 294 g/mol. The lowest BCUT2D eigenvalue weighted by atomic mass is 9.99. The highest BCUT2D eigenvalue weighted by Gasteiger charge is 2.27. The summed E-state index contributed by atoms with van der Waals surface area (Å²) in [6, 6.07) is 11.0. The Balaban J connectivity index is 2.14. The molecule has 2 aromatic carbocycles. The highest BCUT2D eigenvalue weighted by Crippen LogP contribution is 2.30. The van der Waals surface area contributed by atoms with Crippen LogP contribution < -0.4 is 15.5 Å². The fourth-order valence-corrected chi connectivity index (χ4v) is 2.67. The van der Waals surface area contributed by atoms with Crippen molar-refractivity contribution in [3.63, 3.8) is 0 Å². The topological polar surface area (TPSA) is 81.7 Å². The van der Waals surface area contributed by atoms with Gasteiger partial charge in [0.2, 0.25) is 0 Å². The minimum atomic E-state index is -1.32. The van der Waals surface area contributed by atoms with E-state index in [1.54, 1.807) is 6.08 Å². The van der Waals surface area contributed by atoms with Crippen LogP contribution in [0.15, 0.2) is 42.0 Å². The standard InChI is InChI=1S/C17H17N3O3/c1-20(2)14-8-7-10(11-5-3-4-6-12(11)14)9-13-15(21)18-17(23)19-16(13)22/h3-9,15,21H,1-2H3,(H2,18,19,22,23). The summed E-state index contributed by atoms with van der Waals surface area (Å²) < 4.78 is 0. The first kappa shape index (κ1) is 15.1. The first-order chi connectivity index (χ1) is 11.0. The molecule has 3 N–H and O–H groups in total.